The van der Waals surface area contributed by atoms with Crippen LogP contribution in [0.2, 0.25) is 0 Å². The van der Waals surface area contributed by atoms with Gasteiger partial charge in [0, 0.05) is 36.2 Å². The van der Waals surface area contributed by atoms with Crippen LogP contribution >= 0.6 is 0 Å². The summed E-state index contributed by atoms with van der Waals surface area (Å²) in [4.78, 5) is 29.4. The average Bonchev–Trinajstić information content (AvgIpc) is 3.19. The fraction of sp³-hybridized carbons (Fsp3) is 0.217. The molecule has 164 valence electrons. The maximum Gasteiger partial charge on any atom is 0.417 e. The summed E-state index contributed by atoms with van der Waals surface area (Å²) in [6.45, 7) is 3.40. The van der Waals surface area contributed by atoms with Crippen molar-refractivity contribution in [3.63, 3.8) is 0 Å². The Hall–Kier alpha value is -3.59. The first-order chi connectivity index (χ1) is 15.0. The van der Waals surface area contributed by atoms with Gasteiger partial charge in [-0.3, -0.25) is 14.5 Å². The molecule has 0 spiro atoms. The average molecular weight is 442 g/mol. The predicted octanol–water partition coefficient (Wildman–Crippen LogP) is 4.55. The number of amides is 1. The lowest BCUT2D eigenvalue weighted by Gasteiger charge is -2.20. The number of fused-ring (bicyclic) bond motifs is 2. The number of aromatic amines is 1. The first kappa shape index (κ1) is 20.3. The number of rotatable bonds is 2. The molecule has 2 aliphatic rings. The fourth-order valence-corrected chi connectivity index (χ4v) is 4.00. The van der Waals surface area contributed by atoms with E-state index in [4.69, 9.17) is 9.47 Å². The number of hydrogen-bond donors (Lipinski definition) is 1. The van der Waals surface area contributed by atoms with Gasteiger partial charge in [0.1, 0.15) is 0 Å². The van der Waals surface area contributed by atoms with E-state index in [2.05, 4.69) is 4.98 Å². The second-order valence-electron chi connectivity index (χ2n) is 8.07. The molecule has 0 aliphatic carbocycles. The van der Waals surface area contributed by atoms with Crippen LogP contribution in [0.4, 0.5) is 18.9 Å². The van der Waals surface area contributed by atoms with Crippen LogP contribution in [-0.2, 0) is 20.4 Å². The number of pyridine rings is 1. The number of anilines is 1. The number of aromatic nitrogens is 1. The lowest BCUT2D eigenvalue weighted by atomic mass is 10.0. The van der Waals surface area contributed by atoms with E-state index in [0.717, 1.165) is 6.07 Å². The van der Waals surface area contributed by atoms with Crippen LogP contribution in [0.3, 0.4) is 0 Å². The van der Waals surface area contributed by atoms with E-state index >= 15 is 0 Å². The molecule has 32 heavy (non-hydrogen) atoms. The SMILES string of the molecule is CC1(C)OC2=CN(c3ccc4cc(-c5ccccc5C(F)(F)F)[nH]c(=O)c4c3)C(=O)[C@@H]2O1. The molecule has 1 N–H and O–H groups in total. The number of benzene rings is 2. The van der Waals surface area contributed by atoms with Crippen molar-refractivity contribution in [2.24, 2.45) is 0 Å². The van der Waals surface area contributed by atoms with Crippen LogP contribution in [0.5, 0.6) is 0 Å². The van der Waals surface area contributed by atoms with Gasteiger partial charge in [0.15, 0.2) is 11.9 Å². The van der Waals surface area contributed by atoms with E-state index in [9.17, 15) is 22.8 Å². The molecule has 1 fully saturated rings. The number of hydrogen-bond acceptors (Lipinski definition) is 4. The zero-order valence-corrected chi connectivity index (χ0v) is 17.0. The number of nitrogens with one attached hydrogen (secondary N) is 1. The number of H-pyrrole nitrogens is 1. The normalized spacial score (nSPS) is 19.8. The molecule has 3 heterocycles. The molecule has 5 rings (SSSR count). The topological polar surface area (TPSA) is 71.6 Å². The van der Waals surface area contributed by atoms with Gasteiger partial charge < -0.3 is 14.5 Å². The highest BCUT2D eigenvalue weighted by molar-refractivity contribution is 6.04. The number of carbonyl (C=O) groups is 1. The minimum absolute atomic E-state index is 0.0566. The van der Waals surface area contributed by atoms with Crippen molar-refractivity contribution >= 4 is 22.4 Å². The third-order valence-electron chi connectivity index (χ3n) is 5.37. The van der Waals surface area contributed by atoms with Gasteiger partial charge in [-0.1, -0.05) is 24.3 Å². The highest BCUT2D eigenvalue weighted by Crippen LogP contribution is 2.39. The highest BCUT2D eigenvalue weighted by Gasteiger charge is 2.48. The second-order valence-corrected chi connectivity index (χ2v) is 8.07. The van der Waals surface area contributed by atoms with Crippen LogP contribution in [0, 0.1) is 0 Å². The lowest BCUT2D eigenvalue weighted by molar-refractivity contribution is -0.150. The monoisotopic (exact) mass is 442 g/mol. The molecule has 2 aromatic carbocycles. The molecule has 0 radical (unpaired) electrons. The second kappa shape index (κ2) is 6.70. The van der Waals surface area contributed by atoms with Crippen molar-refractivity contribution in [3.8, 4) is 11.3 Å². The van der Waals surface area contributed by atoms with E-state index in [1.165, 1.54) is 41.4 Å². The maximum absolute atomic E-state index is 13.4. The molecule has 1 amide bonds. The number of carbonyl (C=O) groups excluding carboxylic acids is 1. The van der Waals surface area contributed by atoms with Crippen LogP contribution in [0.25, 0.3) is 22.0 Å². The standard InChI is InChI=1S/C23H17F3N2O4/c1-22(2)31-18-11-28(21(30)19(18)32-22)13-8-7-12-9-17(27-20(29)15(12)10-13)14-5-3-4-6-16(14)23(24,25)26/h3-11,19H,1-2H3,(H,27,29)/t19-/m1/s1. The Labute approximate surface area is 179 Å². The molecule has 1 saturated heterocycles. The number of halogens is 3. The number of ether oxygens (including phenoxy) is 2. The summed E-state index contributed by atoms with van der Waals surface area (Å²) >= 11 is 0. The zero-order valence-electron chi connectivity index (χ0n) is 17.0. The molecule has 0 bridgehead atoms. The third-order valence-corrected chi connectivity index (χ3v) is 5.37. The van der Waals surface area contributed by atoms with Gasteiger partial charge in [-0.2, -0.15) is 13.2 Å². The van der Waals surface area contributed by atoms with Crippen LogP contribution in [0.1, 0.15) is 19.4 Å². The molecule has 6 nitrogen and oxygen atoms in total. The van der Waals surface area contributed by atoms with Crippen molar-refractivity contribution < 1.29 is 27.4 Å². The fourth-order valence-electron chi connectivity index (χ4n) is 4.00. The Morgan fingerprint density at radius 1 is 1.06 bits per heavy atom. The van der Waals surface area contributed by atoms with Gasteiger partial charge in [-0.05, 0) is 29.7 Å². The Morgan fingerprint density at radius 3 is 2.53 bits per heavy atom. The molecule has 3 aromatic rings. The summed E-state index contributed by atoms with van der Waals surface area (Å²) in [7, 11) is 0. The molecular formula is C23H17F3N2O4. The first-order valence-corrected chi connectivity index (χ1v) is 9.79. The van der Waals surface area contributed by atoms with Gasteiger partial charge in [0.25, 0.3) is 11.5 Å². The van der Waals surface area contributed by atoms with Gasteiger partial charge >= 0.3 is 6.18 Å². The van der Waals surface area contributed by atoms with Gasteiger partial charge in [0.05, 0.1) is 11.8 Å². The highest BCUT2D eigenvalue weighted by atomic mass is 19.4. The molecule has 9 heteroatoms. The number of nitrogens with zero attached hydrogens (tertiary/aromatic N) is 1. The Balaban J connectivity index is 1.56. The van der Waals surface area contributed by atoms with Gasteiger partial charge in [-0.25, -0.2) is 0 Å². The quantitative estimate of drug-likeness (QED) is 0.632. The molecule has 0 unspecified atom stereocenters. The van der Waals surface area contributed by atoms with E-state index in [0.29, 0.717) is 16.8 Å². The van der Waals surface area contributed by atoms with Crippen LogP contribution in [-0.4, -0.2) is 22.8 Å². The number of alkyl halides is 3. The summed E-state index contributed by atoms with van der Waals surface area (Å²) in [5, 5.41) is 0.679. The van der Waals surface area contributed by atoms with Crippen molar-refractivity contribution in [3.05, 3.63) is 76.4 Å². The Bertz CT molecular complexity index is 1360. The van der Waals surface area contributed by atoms with E-state index in [-0.39, 0.29) is 22.6 Å². The summed E-state index contributed by atoms with van der Waals surface area (Å²) in [5.74, 6) is -0.868. The minimum atomic E-state index is -4.56. The third kappa shape index (κ3) is 3.25. The van der Waals surface area contributed by atoms with E-state index in [1.54, 1.807) is 26.0 Å². The van der Waals surface area contributed by atoms with Crippen LogP contribution in [0.15, 0.2) is 65.3 Å². The maximum atomic E-state index is 13.4. The summed E-state index contributed by atoms with van der Waals surface area (Å²) in [5.41, 5.74) is -1.04. The van der Waals surface area contributed by atoms with Crippen molar-refractivity contribution in [2.45, 2.75) is 31.9 Å². The zero-order chi connectivity index (χ0) is 22.8. The first-order valence-electron chi connectivity index (χ1n) is 9.79. The summed E-state index contributed by atoms with van der Waals surface area (Å²) in [6.07, 6.45) is -3.89. The van der Waals surface area contributed by atoms with Gasteiger partial charge in [-0.15, -0.1) is 0 Å². The van der Waals surface area contributed by atoms with E-state index < -0.39 is 29.2 Å². The van der Waals surface area contributed by atoms with Crippen LogP contribution < -0.4 is 10.5 Å². The smallest absolute Gasteiger partial charge is 0.417 e. The Kier molecular flexibility index (Phi) is 4.26. The predicted molar refractivity (Wildman–Crippen MR) is 111 cm³/mol. The Morgan fingerprint density at radius 2 is 1.81 bits per heavy atom. The minimum Gasteiger partial charge on any atom is -0.462 e. The molecule has 0 saturated carbocycles. The summed E-state index contributed by atoms with van der Waals surface area (Å²) in [6, 6.07) is 11.2. The van der Waals surface area contributed by atoms with Crippen molar-refractivity contribution in [1.29, 1.82) is 0 Å². The molecular weight excluding hydrogens is 425 g/mol. The van der Waals surface area contributed by atoms with E-state index in [1.807, 2.05) is 0 Å². The van der Waals surface area contributed by atoms with Crippen molar-refractivity contribution in [2.75, 3.05) is 4.90 Å². The molecule has 1 aromatic heterocycles. The lowest BCUT2D eigenvalue weighted by Crippen LogP contribution is -2.33. The van der Waals surface area contributed by atoms with Crippen molar-refractivity contribution in [1.82, 2.24) is 4.98 Å². The summed E-state index contributed by atoms with van der Waals surface area (Å²) < 4.78 is 51.4. The molecule has 1 atom stereocenters. The van der Waals surface area contributed by atoms with Gasteiger partial charge in [0.2, 0.25) is 5.79 Å². The largest absolute Gasteiger partial charge is 0.462 e. The molecule has 2 aliphatic heterocycles.